The van der Waals surface area contributed by atoms with Gasteiger partial charge in [-0.1, -0.05) is 35.3 Å². The Balaban J connectivity index is 1.57. The lowest BCUT2D eigenvalue weighted by Crippen LogP contribution is -2.44. The molecule has 0 bridgehead atoms. The van der Waals surface area contributed by atoms with Crippen molar-refractivity contribution in [3.05, 3.63) is 63.9 Å². The van der Waals surface area contributed by atoms with Crippen LogP contribution in [0.3, 0.4) is 0 Å². The Bertz CT molecular complexity index is 986. The first-order valence-corrected chi connectivity index (χ1v) is 12.0. The van der Waals surface area contributed by atoms with E-state index in [0.29, 0.717) is 53.2 Å². The number of hydrogen-bond donors (Lipinski definition) is 1. The highest BCUT2D eigenvalue weighted by Crippen LogP contribution is 2.26. The number of rotatable bonds is 9. The van der Waals surface area contributed by atoms with Crippen LogP contribution in [-0.2, 0) is 26.2 Å². The fourth-order valence-electron chi connectivity index (χ4n) is 3.40. The van der Waals surface area contributed by atoms with Crippen LogP contribution >= 0.6 is 23.2 Å². The molecule has 1 unspecified atom stereocenters. The van der Waals surface area contributed by atoms with Crippen molar-refractivity contribution < 1.29 is 23.2 Å². The van der Waals surface area contributed by atoms with Gasteiger partial charge in [0.05, 0.1) is 28.5 Å². The van der Waals surface area contributed by atoms with Crippen molar-refractivity contribution in [3.8, 4) is 0 Å². The Morgan fingerprint density at radius 3 is 2.61 bits per heavy atom. The first-order valence-electron chi connectivity index (χ1n) is 9.66. The van der Waals surface area contributed by atoms with Crippen molar-refractivity contribution in [2.24, 2.45) is 0 Å². The van der Waals surface area contributed by atoms with Crippen LogP contribution in [0.2, 0.25) is 10.0 Å². The van der Waals surface area contributed by atoms with Crippen LogP contribution in [0.5, 0.6) is 0 Å². The molecule has 1 saturated heterocycles. The molecule has 1 N–H and O–H groups in total. The predicted octanol–water partition coefficient (Wildman–Crippen LogP) is 3.29. The van der Waals surface area contributed by atoms with Crippen molar-refractivity contribution in [1.29, 1.82) is 0 Å². The number of carbonyl (C=O) groups is 1. The standard InChI is InChI=1S/C20H23Cl2N3O5S/c21-18-4-3-15(10-19(18)22)12-30-17-5-8-24(9-6-17)31(28,29)13-20(25(27)14-26)16-2-1-7-23-11-16/h1-4,7,10-11,14,17,20,27H,5-6,8-9,12-13H2. The van der Waals surface area contributed by atoms with Gasteiger partial charge in [-0.15, -0.1) is 0 Å². The monoisotopic (exact) mass is 487 g/mol. The SMILES string of the molecule is O=CN(O)C(CS(=O)(=O)N1CCC(OCc2ccc(Cl)c(Cl)c2)CC1)c1cccnc1. The molecule has 1 amide bonds. The predicted molar refractivity (Wildman–Crippen MR) is 116 cm³/mol. The average Bonchev–Trinajstić information content (AvgIpc) is 2.78. The molecule has 168 valence electrons. The maximum absolute atomic E-state index is 12.9. The molecule has 0 spiro atoms. The van der Waals surface area contributed by atoms with Crippen LogP contribution in [0.25, 0.3) is 0 Å². The Kier molecular flexibility index (Phi) is 8.26. The minimum atomic E-state index is -3.73. The summed E-state index contributed by atoms with van der Waals surface area (Å²) in [7, 11) is -3.73. The second kappa shape index (κ2) is 10.7. The normalized spacial score (nSPS) is 16.7. The van der Waals surface area contributed by atoms with Crippen molar-refractivity contribution in [3.63, 3.8) is 0 Å². The number of aromatic nitrogens is 1. The zero-order valence-corrected chi connectivity index (χ0v) is 18.9. The van der Waals surface area contributed by atoms with Crippen molar-refractivity contribution in [2.45, 2.75) is 31.6 Å². The van der Waals surface area contributed by atoms with Gasteiger partial charge in [-0.2, -0.15) is 0 Å². The van der Waals surface area contributed by atoms with E-state index >= 15 is 0 Å². The summed E-state index contributed by atoms with van der Waals surface area (Å²) >= 11 is 11.9. The van der Waals surface area contributed by atoms with Crippen LogP contribution in [0.15, 0.2) is 42.7 Å². The highest BCUT2D eigenvalue weighted by atomic mass is 35.5. The summed E-state index contributed by atoms with van der Waals surface area (Å²) in [6.45, 7) is 0.942. The van der Waals surface area contributed by atoms with E-state index in [2.05, 4.69) is 4.98 Å². The van der Waals surface area contributed by atoms with Gasteiger partial charge < -0.3 is 4.74 Å². The number of nitrogens with zero attached hydrogens (tertiary/aromatic N) is 3. The van der Waals surface area contributed by atoms with Crippen LogP contribution in [0, 0.1) is 0 Å². The summed E-state index contributed by atoms with van der Waals surface area (Å²) in [5.74, 6) is -0.442. The lowest BCUT2D eigenvalue weighted by Gasteiger charge is -2.33. The van der Waals surface area contributed by atoms with E-state index < -0.39 is 21.8 Å². The van der Waals surface area contributed by atoms with Gasteiger partial charge in [0.2, 0.25) is 16.4 Å². The molecule has 2 aromatic rings. The number of benzene rings is 1. The quantitative estimate of drug-likeness (QED) is 0.330. The van der Waals surface area contributed by atoms with E-state index in [1.807, 2.05) is 6.07 Å². The molecule has 1 aliphatic heterocycles. The first kappa shape index (κ1) is 23.9. The van der Waals surface area contributed by atoms with E-state index in [-0.39, 0.29) is 12.5 Å². The summed E-state index contributed by atoms with van der Waals surface area (Å²) < 4.78 is 33.1. The summed E-state index contributed by atoms with van der Waals surface area (Å²) in [6.07, 6.45) is 4.13. The molecule has 2 heterocycles. The maximum Gasteiger partial charge on any atom is 0.233 e. The first-order chi connectivity index (χ1) is 14.8. The number of sulfonamides is 1. The topological polar surface area (TPSA) is 100 Å². The summed E-state index contributed by atoms with van der Waals surface area (Å²) in [5.41, 5.74) is 1.32. The Labute approximate surface area is 191 Å². The number of piperidine rings is 1. The molecule has 1 aromatic heterocycles. The highest BCUT2D eigenvalue weighted by molar-refractivity contribution is 7.89. The van der Waals surface area contributed by atoms with Gasteiger partial charge in [0.1, 0.15) is 6.04 Å². The number of hydrogen-bond acceptors (Lipinski definition) is 6. The van der Waals surface area contributed by atoms with E-state index in [0.717, 1.165) is 5.56 Å². The van der Waals surface area contributed by atoms with Crippen molar-refractivity contribution in [1.82, 2.24) is 14.4 Å². The number of hydroxylamine groups is 2. The lowest BCUT2D eigenvalue weighted by molar-refractivity contribution is -0.159. The summed E-state index contributed by atoms with van der Waals surface area (Å²) in [5, 5.41) is 11.2. The third-order valence-electron chi connectivity index (χ3n) is 5.13. The van der Waals surface area contributed by atoms with E-state index in [9.17, 15) is 18.4 Å². The average molecular weight is 488 g/mol. The fraction of sp³-hybridized carbons (Fsp3) is 0.400. The summed E-state index contributed by atoms with van der Waals surface area (Å²) in [4.78, 5) is 15.0. The second-order valence-corrected chi connectivity index (χ2v) is 10.1. The molecule has 0 radical (unpaired) electrons. The third kappa shape index (κ3) is 6.38. The Hall–Kier alpha value is -1.75. The molecule has 1 aliphatic rings. The van der Waals surface area contributed by atoms with Gasteiger partial charge in [-0.05, 0) is 42.2 Å². The molecule has 31 heavy (non-hydrogen) atoms. The number of ether oxygens (including phenoxy) is 1. The van der Waals surface area contributed by atoms with Gasteiger partial charge in [0.25, 0.3) is 0 Å². The van der Waals surface area contributed by atoms with Gasteiger partial charge in [-0.3, -0.25) is 15.0 Å². The Morgan fingerprint density at radius 2 is 2.00 bits per heavy atom. The number of carbonyl (C=O) groups excluding carboxylic acids is 1. The van der Waals surface area contributed by atoms with E-state index in [1.165, 1.54) is 16.7 Å². The second-order valence-electron chi connectivity index (χ2n) is 7.22. The van der Waals surface area contributed by atoms with Crippen LogP contribution < -0.4 is 0 Å². The Morgan fingerprint density at radius 1 is 1.26 bits per heavy atom. The molecular formula is C20H23Cl2N3O5S. The molecule has 1 aromatic carbocycles. The molecule has 1 atom stereocenters. The van der Waals surface area contributed by atoms with Gasteiger partial charge in [0, 0.05) is 25.5 Å². The summed E-state index contributed by atoms with van der Waals surface area (Å²) in [6, 6.07) is 7.48. The fourth-order valence-corrected chi connectivity index (χ4v) is 5.44. The molecule has 1 fully saturated rings. The van der Waals surface area contributed by atoms with Gasteiger partial charge in [-0.25, -0.2) is 17.8 Å². The number of pyridine rings is 1. The van der Waals surface area contributed by atoms with Crippen LogP contribution in [0.4, 0.5) is 0 Å². The molecule has 11 heteroatoms. The lowest BCUT2D eigenvalue weighted by atomic mass is 10.1. The molecule has 0 saturated carbocycles. The van der Waals surface area contributed by atoms with Crippen LogP contribution in [0.1, 0.15) is 30.0 Å². The zero-order valence-electron chi connectivity index (χ0n) is 16.6. The van der Waals surface area contributed by atoms with E-state index in [4.69, 9.17) is 27.9 Å². The van der Waals surface area contributed by atoms with E-state index in [1.54, 1.807) is 24.3 Å². The number of amides is 1. The third-order valence-corrected chi connectivity index (χ3v) is 7.76. The smallest absolute Gasteiger partial charge is 0.233 e. The largest absolute Gasteiger partial charge is 0.373 e. The van der Waals surface area contributed by atoms with Crippen LogP contribution in [-0.4, -0.2) is 59.3 Å². The van der Waals surface area contributed by atoms with Crippen molar-refractivity contribution >= 4 is 39.6 Å². The molecule has 0 aliphatic carbocycles. The zero-order chi connectivity index (χ0) is 22.4. The molecule has 8 nitrogen and oxygen atoms in total. The minimum Gasteiger partial charge on any atom is -0.373 e. The maximum atomic E-state index is 12.9. The van der Waals surface area contributed by atoms with Gasteiger partial charge >= 0.3 is 0 Å². The van der Waals surface area contributed by atoms with Crippen molar-refractivity contribution in [2.75, 3.05) is 18.8 Å². The molecule has 3 rings (SSSR count). The molecular weight excluding hydrogens is 465 g/mol. The number of halogens is 2. The minimum absolute atomic E-state index is 0.0839. The van der Waals surface area contributed by atoms with Gasteiger partial charge in [0.15, 0.2) is 0 Å². The highest BCUT2D eigenvalue weighted by Gasteiger charge is 2.33.